The summed E-state index contributed by atoms with van der Waals surface area (Å²) in [6.45, 7) is 2.63. The molecule has 2 heterocycles. The van der Waals surface area contributed by atoms with Crippen LogP contribution in [0.15, 0.2) is 30.5 Å². The molecule has 100 valence electrons. The van der Waals surface area contributed by atoms with Crippen molar-refractivity contribution >= 4 is 10.9 Å². The van der Waals surface area contributed by atoms with Crippen LogP contribution in [0.1, 0.15) is 18.4 Å². The highest BCUT2D eigenvalue weighted by Gasteiger charge is 2.18. The second-order valence-corrected chi connectivity index (χ2v) is 5.28. The lowest BCUT2D eigenvalue weighted by Crippen LogP contribution is -2.42. The van der Waals surface area contributed by atoms with Gasteiger partial charge in [-0.2, -0.15) is 0 Å². The third-order valence-corrected chi connectivity index (χ3v) is 3.68. The first-order chi connectivity index (χ1) is 9.22. The van der Waals surface area contributed by atoms with Crippen LogP contribution in [0.4, 0.5) is 4.39 Å². The molecule has 0 unspecified atom stereocenters. The van der Waals surface area contributed by atoms with Crippen molar-refractivity contribution in [1.29, 1.82) is 0 Å². The van der Waals surface area contributed by atoms with Crippen molar-refractivity contribution in [3.63, 3.8) is 0 Å². The number of likely N-dealkylation sites (tertiary alicyclic amines) is 1. The van der Waals surface area contributed by atoms with E-state index in [-0.39, 0.29) is 11.9 Å². The Bertz CT molecular complexity index is 585. The quantitative estimate of drug-likeness (QED) is 0.899. The van der Waals surface area contributed by atoms with E-state index in [1.807, 2.05) is 12.1 Å². The van der Waals surface area contributed by atoms with Crippen LogP contribution in [0.25, 0.3) is 10.9 Å². The zero-order valence-electron chi connectivity index (χ0n) is 10.8. The smallest absolute Gasteiger partial charge is 0.124 e. The predicted molar refractivity (Wildman–Crippen MR) is 74.2 cm³/mol. The topological polar surface area (TPSA) is 42.1 Å². The van der Waals surface area contributed by atoms with Gasteiger partial charge in [-0.3, -0.25) is 9.88 Å². The molecule has 1 fully saturated rings. The predicted octanol–water partition coefficient (Wildman–Crippen LogP) is 2.30. The SMILES string of the molecule is N[C@@H]1CCCN(Cc2cc(F)cc3cccnc23)C1. The summed E-state index contributed by atoms with van der Waals surface area (Å²) in [5.41, 5.74) is 7.83. The summed E-state index contributed by atoms with van der Waals surface area (Å²) < 4.78 is 13.7. The number of nitrogens with zero attached hydrogens (tertiary/aromatic N) is 2. The van der Waals surface area contributed by atoms with Crippen molar-refractivity contribution < 1.29 is 4.39 Å². The molecule has 2 aromatic rings. The second kappa shape index (κ2) is 5.23. The van der Waals surface area contributed by atoms with Crippen molar-refractivity contribution in [2.75, 3.05) is 13.1 Å². The van der Waals surface area contributed by atoms with Crippen molar-refractivity contribution in [2.24, 2.45) is 5.73 Å². The van der Waals surface area contributed by atoms with Crippen LogP contribution in [-0.4, -0.2) is 29.0 Å². The molecule has 1 aromatic heterocycles. The van der Waals surface area contributed by atoms with E-state index in [1.165, 1.54) is 6.07 Å². The first-order valence-electron chi connectivity index (χ1n) is 6.73. The molecule has 1 aliphatic rings. The van der Waals surface area contributed by atoms with Crippen LogP contribution in [0.2, 0.25) is 0 Å². The number of aromatic nitrogens is 1. The average molecular weight is 259 g/mol. The largest absolute Gasteiger partial charge is 0.327 e. The summed E-state index contributed by atoms with van der Waals surface area (Å²) in [7, 11) is 0. The molecular weight excluding hydrogens is 241 g/mol. The highest BCUT2D eigenvalue weighted by Crippen LogP contribution is 2.21. The molecular formula is C15H18FN3. The lowest BCUT2D eigenvalue weighted by molar-refractivity contribution is 0.202. The van der Waals surface area contributed by atoms with E-state index in [0.29, 0.717) is 0 Å². The van der Waals surface area contributed by atoms with Crippen LogP contribution in [0, 0.1) is 5.82 Å². The van der Waals surface area contributed by atoms with Crippen LogP contribution in [-0.2, 0) is 6.54 Å². The first-order valence-corrected chi connectivity index (χ1v) is 6.73. The molecule has 19 heavy (non-hydrogen) atoms. The molecule has 1 aliphatic heterocycles. The van der Waals surface area contributed by atoms with Gasteiger partial charge in [0.05, 0.1) is 5.52 Å². The van der Waals surface area contributed by atoms with Gasteiger partial charge in [0.2, 0.25) is 0 Å². The number of rotatable bonds is 2. The molecule has 1 aromatic carbocycles. The third kappa shape index (κ3) is 2.74. The Labute approximate surface area is 112 Å². The van der Waals surface area contributed by atoms with Gasteiger partial charge in [0.1, 0.15) is 5.82 Å². The lowest BCUT2D eigenvalue weighted by atomic mass is 10.0. The van der Waals surface area contributed by atoms with Crippen molar-refractivity contribution in [3.8, 4) is 0 Å². The van der Waals surface area contributed by atoms with Crippen molar-refractivity contribution in [3.05, 3.63) is 41.8 Å². The number of hydrogen-bond donors (Lipinski definition) is 1. The monoisotopic (exact) mass is 259 g/mol. The summed E-state index contributed by atoms with van der Waals surface area (Å²) in [4.78, 5) is 6.67. The minimum atomic E-state index is -0.197. The maximum atomic E-state index is 13.7. The Kier molecular flexibility index (Phi) is 3.44. The fourth-order valence-electron chi connectivity index (χ4n) is 2.82. The molecule has 0 spiro atoms. The Morgan fingerprint density at radius 3 is 3.16 bits per heavy atom. The van der Waals surface area contributed by atoms with E-state index in [0.717, 1.165) is 48.9 Å². The van der Waals surface area contributed by atoms with Crippen LogP contribution in [0.5, 0.6) is 0 Å². The third-order valence-electron chi connectivity index (χ3n) is 3.68. The number of benzene rings is 1. The number of nitrogens with two attached hydrogens (primary N) is 1. The van der Waals surface area contributed by atoms with Gasteiger partial charge < -0.3 is 5.73 Å². The maximum absolute atomic E-state index is 13.7. The Balaban J connectivity index is 1.91. The molecule has 0 saturated carbocycles. The van der Waals surface area contributed by atoms with Crippen LogP contribution in [0.3, 0.4) is 0 Å². The van der Waals surface area contributed by atoms with Gasteiger partial charge in [-0.1, -0.05) is 6.07 Å². The molecule has 3 rings (SSSR count). The fraction of sp³-hybridized carbons (Fsp3) is 0.400. The number of hydrogen-bond acceptors (Lipinski definition) is 3. The molecule has 2 N–H and O–H groups in total. The number of piperidine rings is 1. The van der Waals surface area contributed by atoms with Gasteiger partial charge >= 0.3 is 0 Å². The van der Waals surface area contributed by atoms with Crippen molar-refractivity contribution in [1.82, 2.24) is 9.88 Å². The average Bonchev–Trinajstić information content (AvgIpc) is 2.38. The van der Waals surface area contributed by atoms with Gasteiger partial charge in [0.25, 0.3) is 0 Å². The van der Waals surface area contributed by atoms with Gasteiger partial charge in [-0.25, -0.2) is 4.39 Å². The minimum absolute atomic E-state index is 0.197. The normalized spacial score (nSPS) is 20.8. The Morgan fingerprint density at radius 1 is 1.42 bits per heavy atom. The molecule has 0 amide bonds. The second-order valence-electron chi connectivity index (χ2n) is 5.28. The fourth-order valence-corrected chi connectivity index (χ4v) is 2.82. The maximum Gasteiger partial charge on any atom is 0.124 e. The van der Waals surface area contributed by atoms with Gasteiger partial charge in [0, 0.05) is 30.7 Å². The number of pyridine rings is 1. The zero-order chi connectivity index (χ0) is 13.2. The summed E-state index contributed by atoms with van der Waals surface area (Å²) >= 11 is 0. The summed E-state index contributed by atoms with van der Waals surface area (Å²) in [6.07, 6.45) is 3.95. The number of halogens is 1. The molecule has 4 heteroatoms. The van der Waals surface area contributed by atoms with E-state index in [4.69, 9.17) is 5.73 Å². The highest BCUT2D eigenvalue weighted by atomic mass is 19.1. The minimum Gasteiger partial charge on any atom is -0.327 e. The van der Waals surface area contributed by atoms with Crippen LogP contribution >= 0.6 is 0 Å². The molecule has 3 nitrogen and oxygen atoms in total. The summed E-state index contributed by atoms with van der Waals surface area (Å²) in [5, 5.41) is 0.860. The van der Waals surface area contributed by atoms with Gasteiger partial charge in [0.15, 0.2) is 0 Å². The summed E-state index contributed by atoms with van der Waals surface area (Å²) in [5.74, 6) is -0.197. The standard InChI is InChI=1S/C15H18FN3/c16-13-7-11-3-1-5-18-15(11)12(8-13)9-19-6-2-4-14(17)10-19/h1,3,5,7-8,14H,2,4,6,9-10,17H2/t14-/m1/s1. The Hall–Kier alpha value is -1.52. The van der Waals surface area contributed by atoms with Gasteiger partial charge in [-0.05, 0) is 43.1 Å². The van der Waals surface area contributed by atoms with E-state index in [1.54, 1.807) is 12.3 Å². The van der Waals surface area contributed by atoms with Crippen molar-refractivity contribution in [2.45, 2.75) is 25.4 Å². The number of fused-ring (bicyclic) bond motifs is 1. The molecule has 0 radical (unpaired) electrons. The highest BCUT2D eigenvalue weighted by molar-refractivity contribution is 5.81. The lowest BCUT2D eigenvalue weighted by Gasteiger charge is -2.30. The molecule has 0 bridgehead atoms. The zero-order valence-corrected chi connectivity index (χ0v) is 10.8. The van der Waals surface area contributed by atoms with Crippen LogP contribution < -0.4 is 5.73 Å². The Morgan fingerprint density at radius 2 is 2.32 bits per heavy atom. The van der Waals surface area contributed by atoms with E-state index in [9.17, 15) is 4.39 Å². The van der Waals surface area contributed by atoms with E-state index < -0.39 is 0 Å². The van der Waals surface area contributed by atoms with Gasteiger partial charge in [-0.15, -0.1) is 0 Å². The van der Waals surface area contributed by atoms with E-state index >= 15 is 0 Å². The molecule has 1 atom stereocenters. The van der Waals surface area contributed by atoms with E-state index in [2.05, 4.69) is 9.88 Å². The summed E-state index contributed by atoms with van der Waals surface area (Å²) in [6, 6.07) is 7.10. The molecule has 1 saturated heterocycles. The molecule has 0 aliphatic carbocycles. The first kappa shape index (κ1) is 12.5.